The third kappa shape index (κ3) is 5.48. The van der Waals surface area contributed by atoms with E-state index in [0.29, 0.717) is 29.7 Å². The lowest BCUT2D eigenvalue weighted by atomic mass is 9.90. The first-order valence-corrected chi connectivity index (χ1v) is 8.34. The van der Waals surface area contributed by atoms with E-state index in [4.69, 9.17) is 23.2 Å². The van der Waals surface area contributed by atoms with Gasteiger partial charge in [0.1, 0.15) is 0 Å². The molecule has 0 aliphatic rings. The zero-order valence-electron chi connectivity index (χ0n) is 12.8. The number of aliphatic hydroxyl groups is 2. The maximum absolute atomic E-state index is 9.23. The summed E-state index contributed by atoms with van der Waals surface area (Å²) >= 11 is 12.0. The number of halogens is 2. The van der Waals surface area contributed by atoms with Crippen molar-refractivity contribution in [3.05, 3.63) is 69.7 Å². The zero-order valence-corrected chi connectivity index (χ0v) is 14.3. The van der Waals surface area contributed by atoms with Gasteiger partial charge in [-0.15, -0.1) is 0 Å². The molecule has 0 amide bonds. The molecule has 0 unspecified atom stereocenters. The number of benzene rings is 2. The van der Waals surface area contributed by atoms with Crippen LogP contribution in [-0.2, 0) is 0 Å². The number of hydrogen-bond acceptors (Lipinski definition) is 3. The normalized spacial score (nSPS) is 11.4. The fourth-order valence-electron chi connectivity index (χ4n) is 2.63. The molecule has 0 spiro atoms. The lowest BCUT2D eigenvalue weighted by Gasteiger charge is -2.27. The van der Waals surface area contributed by atoms with Gasteiger partial charge in [0, 0.05) is 35.6 Å². The maximum atomic E-state index is 9.23. The molecule has 0 radical (unpaired) electrons. The Bertz CT molecular complexity index is 535. The van der Waals surface area contributed by atoms with Gasteiger partial charge in [0.25, 0.3) is 0 Å². The van der Waals surface area contributed by atoms with E-state index in [1.807, 2.05) is 53.4 Å². The van der Waals surface area contributed by atoms with Gasteiger partial charge in [-0.3, -0.25) is 4.90 Å². The summed E-state index contributed by atoms with van der Waals surface area (Å²) in [6.07, 6.45) is 0. The summed E-state index contributed by atoms with van der Waals surface area (Å²) in [5.74, 6) is 0.114. The van der Waals surface area contributed by atoms with Crippen LogP contribution in [0.5, 0.6) is 0 Å². The number of aliphatic hydroxyl groups excluding tert-OH is 2. The summed E-state index contributed by atoms with van der Waals surface area (Å²) in [6, 6.07) is 15.6. The van der Waals surface area contributed by atoms with Crippen LogP contribution in [0.4, 0.5) is 0 Å². The molecule has 2 N–H and O–H groups in total. The molecule has 0 aromatic heterocycles. The summed E-state index contributed by atoms with van der Waals surface area (Å²) in [5, 5.41) is 19.9. The van der Waals surface area contributed by atoms with Crippen LogP contribution in [0.15, 0.2) is 48.5 Å². The van der Waals surface area contributed by atoms with E-state index in [9.17, 15) is 10.2 Å². The van der Waals surface area contributed by atoms with Crippen LogP contribution in [-0.4, -0.2) is 48.0 Å². The molecule has 0 heterocycles. The maximum Gasteiger partial charge on any atom is 0.0558 e. The second-order valence-corrected chi connectivity index (χ2v) is 6.28. The average Bonchev–Trinajstić information content (AvgIpc) is 2.55. The summed E-state index contributed by atoms with van der Waals surface area (Å²) < 4.78 is 0. The van der Waals surface area contributed by atoms with Crippen LogP contribution in [0, 0.1) is 0 Å². The van der Waals surface area contributed by atoms with Crippen LogP contribution >= 0.6 is 23.2 Å². The largest absolute Gasteiger partial charge is 0.395 e. The Morgan fingerprint density at radius 2 is 1.13 bits per heavy atom. The van der Waals surface area contributed by atoms with Crippen LogP contribution in [0.25, 0.3) is 0 Å². The standard InChI is InChI=1S/C18H21Cl2NO2/c19-16-5-1-14(2-6-16)18(13-21(9-11-22)10-12-23)15-3-7-17(20)8-4-15/h1-8,18,22-23H,9-13H2. The molecule has 2 aromatic carbocycles. The summed E-state index contributed by atoms with van der Waals surface area (Å²) in [7, 11) is 0. The lowest BCUT2D eigenvalue weighted by molar-refractivity contribution is 0.158. The third-order valence-corrected chi connectivity index (χ3v) is 4.32. The first-order valence-electron chi connectivity index (χ1n) is 7.59. The zero-order chi connectivity index (χ0) is 16.7. The van der Waals surface area contributed by atoms with Crippen molar-refractivity contribution in [1.29, 1.82) is 0 Å². The second-order valence-electron chi connectivity index (χ2n) is 5.40. The topological polar surface area (TPSA) is 43.7 Å². The Hall–Kier alpha value is -1.10. The molecule has 23 heavy (non-hydrogen) atoms. The number of rotatable bonds is 8. The fraction of sp³-hybridized carbons (Fsp3) is 0.333. The third-order valence-electron chi connectivity index (χ3n) is 3.82. The van der Waals surface area contributed by atoms with E-state index in [-0.39, 0.29) is 19.1 Å². The van der Waals surface area contributed by atoms with Gasteiger partial charge in [-0.05, 0) is 35.4 Å². The van der Waals surface area contributed by atoms with Crippen molar-refractivity contribution in [2.45, 2.75) is 5.92 Å². The highest BCUT2D eigenvalue weighted by Crippen LogP contribution is 2.28. The molecule has 2 aromatic rings. The quantitative estimate of drug-likeness (QED) is 0.764. The molecule has 0 aliphatic carbocycles. The van der Waals surface area contributed by atoms with E-state index in [0.717, 1.165) is 11.1 Å². The molecule has 0 saturated heterocycles. The van der Waals surface area contributed by atoms with Gasteiger partial charge in [-0.25, -0.2) is 0 Å². The molecule has 0 fully saturated rings. The number of hydrogen-bond donors (Lipinski definition) is 2. The van der Waals surface area contributed by atoms with Crippen molar-refractivity contribution in [1.82, 2.24) is 4.90 Å². The Morgan fingerprint density at radius 3 is 1.48 bits per heavy atom. The minimum Gasteiger partial charge on any atom is -0.395 e. The van der Waals surface area contributed by atoms with Gasteiger partial charge in [0.15, 0.2) is 0 Å². The first-order chi connectivity index (χ1) is 11.1. The van der Waals surface area contributed by atoms with Gasteiger partial charge in [-0.2, -0.15) is 0 Å². The van der Waals surface area contributed by atoms with Crippen molar-refractivity contribution in [2.75, 3.05) is 32.8 Å². The van der Waals surface area contributed by atoms with E-state index in [1.54, 1.807) is 0 Å². The Morgan fingerprint density at radius 1 is 0.739 bits per heavy atom. The second kappa shape index (κ2) is 9.26. The van der Waals surface area contributed by atoms with Crippen molar-refractivity contribution in [2.24, 2.45) is 0 Å². The Labute approximate surface area is 147 Å². The highest BCUT2D eigenvalue weighted by atomic mass is 35.5. The monoisotopic (exact) mass is 353 g/mol. The van der Waals surface area contributed by atoms with Gasteiger partial charge < -0.3 is 10.2 Å². The number of nitrogens with zero attached hydrogens (tertiary/aromatic N) is 1. The predicted molar refractivity (Wildman–Crippen MR) is 95.4 cm³/mol. The Balaban J connectivity index is 2.30. The lowest BCUT2D eigenvalue weighted by Crippen LogP contribution is -2.34. The predicted octanol–water partition coefficient (Wildman–Crippen LogP) is 3.41. The molecular formula is C18H21Cl2NO2. The van der Waals surface area contributed by atoms with Gasteiger partial charge in [-0.1, -0.05) is 47.5 Å². The van der Waals surface area contributed by atoms with Crippen LogP contribution in [0.2, 0.25) is 10.0 Å². The highest BCUT2D eigenvalue weighted by molar-refractivity contribution is 6.30. The average molecular weight is 354 g/mol. The molecule has 0 atom stereocenters. The van der Waals surface area contributed by atoms with Gasteiger partial charge in [0.2, 0.25) is 0 Å². The summed E-state index contributed by atoms with van der Waals surface area (Å²) in [5.41, 5.74) is 2.27. The first kappa shape index (κ1) is 18.2. The molecule has 0 bridgehead atoms. The van der Waals surface area contributed by atoms with E-state index in [1.165, 1.54) is 0 Å². The van der Waals surface area contributed by atoms with E-state index >= 15 is 0 Å². The fourth-order valence-corrected chi connectivity index (χ4v) is 2.88. The van der Waals surface area contributed by atoms with Gasteiger partial charge >= 0.3 is 0 Å². The smallest absolute Gasteiger partial charge is 0.0558 e. The Kier molecular flexibility index (Phi) is 7.34. The minimum atomic E-state index is 0.0634. The van der Waals surface area contributed by atoms with Crippen molar-refractivity contribution >= 4 is 23.2 Å². The van der Waals surface area contributed by atoms with Crippen LogP contribution < -0.4 is 0 Å². The minimum absolute atomic E-state index is 0.0634. The summed E-state index contributed by atoms with van der Waals surface area (Å²) in [4.78, 5) is 2.05. The van der Waals surface area contributed by atoms with Crippen molar-refractivity contribution < 1.29 is 10.2 Å². The molecule has 124 valence electrons. The molecule has 0 saturated carbocycles. The molecular weight excluding hydrogens is 333 g/mol. The molecule has 3 nitrogen and oxygen atoms in total. The highest BCUT2D eigenvalue weighted by Gasteiger charge is 2.18. The van der Waals surface area contributed by atoms with E-state index < -0.39 is 0 Å². The van der Waals surface area contributed by atoms with Gasteiger partial charge in [0.05, 0.1) is 13.2 Å². The van der Waals surface area contributed by atoms with Crippen molar-refractivity contribution in [3.63, 3.8) is 0 Å². The summed E-state index contributed by atoms with van der Waals surface area (Å²) in [6.45, 7) is 1.88. The van der Waals surface area contributed by atoms with Crippen molar-refractivity contribution in [3.8, 4) is 0 Å². The molecule has 2 rings (SSSR count). The van der Waals surface area contributed by atoms with Crippen LogP contribution in [0.3, 0.4) is 0 Å². The molecule has 5 heteroatoms. The van der Waals surface area contributed by atoms with E-state index in [2.05, 4.69) is 0 Å². The SMILES string of the molecule is OCCN(CCO)CC(c1ccc(Cl)cc1)c1ccc(Cl)cc1. The molecule has 0 aliphatic heterocycles. The van der Waals surface area contributed by atoms with Crippen LogP contribution in [0.1, 0.15) is 17.0 Å².